The van der Waals surface area contributed by atoms with E-state index in [0.717, 1.165) is 0 Å². The Kier molecular flexibility index (Phi) is 7.92. The normalized spacial score (nSPS) is 11.3. The second-order valence-electron chi connectivity index (χ2n) is 1.41. The molecule has 0 bridgehead atoms. The molecule has 52 valence electrons. The average Bonchev–Trinajstić information content (AvgIpc) is 1.63. The molecular formula is C4H4O3S2Zn. The van der Waals surface area contributed by atoms with Crippen molar-refractivity contribution in [1.82, 2.24) is 0 Å². The van der Waals surface area contributed by atoms with Crippen LogP contribution in [0.15, 0.2) is 0 Å². The van der Waals surface area contributed by atoms with Gasteiger partial charge in [0.05, 0.1) is 6.10 Å². The number of hydrogen-bond acceptors (Lipinski definition) is 5. The SMILES string of the molecule is [O-]C(=S)CC(O)C([O-])=S.[Zn+2]. The molecule has 0 aromatic carbocycles. The third-order valence-corrected chi connectivity index (χ3v) is 1.07. The zero-order valence-electron chi connectivity index (χ0n) is 5.07. The van der Waals surface area contributed by atoms with E-state index < -0.39 is 16.2 Å². The third kappa shape index (κ3) is 6.48. The molecular weight excluding hydrogens is 226 g/mol. The van der Waals surface area contributed by atoms with Crippen LogP contribution in [0.1, 0.15) is 6.42 Å². The molecule has 0 aliphatic rings. The van der Waals surface area contributed by atoms with Gasteiger partial charge in [0.15, 0.2) is 0 Å². The molecule has 0 aliphatic carbocycles. The molecule has 10 heavy (non-hydrogen) atoms. The topological polar surface area (TPSA) is 66.3 Å². The van der Waals surface area contributed by atoms with Crippen molar-refractivity contribution in [2.75, 3.05) is 0 Å². The first-order chi connectivity index (χ1) is 4.04. The fourth-order valence-corrected chi connectivity index (χ4v) is 0.482. The van der Waals surface area contributed by atoms with Crippen molar-refractivity contribution in [3.05, 3.63) is 0 Å². The van der Waals surface area contributed by atoms with Crippen molar-refractivity contribution in [1.29, 1.82) is 0 Å². The van der Waals surface area contributed by atoms with Crippen LogP contribution in [0.25, 0.3) is 0 Å². The molecule has 0 amide bonds. The molecule has 1 unspecified atom stereocenters. The number of aliphatic hydroxyl groups excluding tert-OH is 1. The largest absolute Gasteiger partial charge is 2.00 e. The van der Waals surface area contributed by atoms with Crippen LogP contribution in [-0.4, -0.2) is 21.3 Å². The van der Waals surface area contributed by atoms with Gasteiger partial charge in [-0.3, -0.25) is 0 Å². The Hall–Kier alpha value is 0.363. The van der Waals surface area contributed by atoms with Gasteiger partial charge in [0.2, 0.25) is 0 Å². The summed E-state index contributed by atoms with van der Waals surface area (Å²) in [5.41, 5.74) is 0. The maximum absolute atomic E-state index is 10.0. The zero-order chi connectivity index (χ0) is 7.44. The molecule has 0 spiro atoms. The van der Waals surface area contributed by atoms with Gasteiger partial charge in [0, 0.05) is 0 Å². The van der Waals surface area contributed by atoms with Gasteiger partial charge < -0.3 is 15.3 Å². The molecule has 0 saturated carbocycles. The van der Waals surface area contributed by atoms with E-state index in [1.165, 1.54) is 0 Å². The average molecular weight is 230 g/mol. The molecule has 1 N–H and O–H groups in total. The fraction of sp³-hybridized carbons (Fsp3) is 0.500. The maximum Gasteiger partial charge on any atom is 2.00 e. The molecule has 0 fully saturated rings. The van der Waals surface area contributed by atoms with E-state index in [4.69, 9.17) is 5.11 Å². The molecule has 6 heteroatoms. The van der Waals surface area contributed by atoms with Crippen molar-refractivity contribution in [3.8, 4) is 0 Å². The van der Waals surface area contributed by atoms with Crippen LogP contribution in [0, 0.1) is 0 Å². The number of aliphatic hydroxyl groups is 1. The van der Waals surface area contributed by atoms with Crippen molar-refractivity contribution < 1.29 is 34.8 Å². The second kappa shape index (κ2) is 6.10. The standard InChI is InChI=1S/C4H6O3S2.Zn/c5-2(4(7)9)1-3(6)8;/h2,5H,1H2,(H,6,8)(H,7,9);/q;+2/p-2. The predicted molar refractivity (Wildman–Crippen MR) is 35.8 cm³/mol. The second-order valence-corrected chi connectivity index (χ2v) is 2.27. The first-order valence-electron chi connectivity index (χ1n) is 2.13. The van der Waals surface area contributed by atoms with Crippen LogP contribution >= 0.6 is 24.4 Å². The van der Waals surface area contributed by atoms with E-state index in [1.54, 1.807) is 0 Å². The van der Waals surface area contributed by atoms with E-state index >= 15 is 0 Å². The Labute approximate surface area is 81.8 Å². The molecule has 0 radical (unpaired) electrons. The fourth-order valence-electron chi connectivity index (χ4n) is 0.241. The molecule has 0 saturated heterocycles. The van der Waals surface area contributed by atoms with Gasteiger partial charge >= 0.3 is 19.5 Å². The van der Waals surface area contributed by atoms with Crippen LogP contribution in [-0.2, 0) is 19.5 Å². The summed E-state index contributed by atoms with van der Waals surface area (Å²) in [4.78, 5) is 0. The van der Waals surface area contributed by atoms with Gasteiger partial charge in [-0.1, -0.05) is 17.3 Å². The quantitative estimate of drug-likeness (QED) is 0.453. The van der Waals surface area contributed by atoms with Gasteiger partial charge in [-0.05, 0) is 11.5 Å². The smallest absolute Gasteiger partial charge is 0.867 e. The minimum absolute atomic E-state index is 0. The molecule has 0 aliphatic heterocycles. The number of hydrogen-bond donors (Lipinski definition) is 1. The first-order valence-corrected chi connectivity index (χ1v) is 2.94. The summed E-state index contributed by atoms with van der Waals surface area (Å²) in [5.74, 6) is 0. The molecule has 0 rings (SSSR count). The Morgan fingerprint density at radius 3 is 1.90 bits per heavy atom. The Balaban J connectivity index is 0. The Bertz CT molecular complexity index is 138. The van der Waals surface area contributed by atoms with E-state index in [1.807, 2.05) is 0 Å². The van der Waals surface area contributed by atoms with Gasteiger partial charge in [0.1, 0.15) is 0 Å². The summed E-state index contributed by atoms with van der Waals surface area (Å²) in [7, 11) is 0. The summed E-state index contributed by atoms with van der Waals surface area (Å²) in [6, 6.07) is 0. The van der Waals surface area contributed by atoms with E-state index in [2.05, 4.69) is 24.4 Å². The zero-order valence-corrected chi connectivity index (χ0v) is 9.67. The van der Waals surface area contributed by atoms with Crippen LogP contribution in [0.2, 0.25) is 0 Å². The number of rotatable bonds is 3. The van der Waals surface area contributed by atoms with E-state index in [9.17, 15) is 10.2 Å². The number of thiocarbonyl (C=S) groups is 2. The Morgan fingerprint density at radius 2 is 1.80 bits per heavy atom. The summed E-state index contributed by atoms with van der Waals surface area (Å²) < 4.78 is 0. The van der Waals surface area contributed by atoms with Gasteiger partial charge in [-0.2, -0.15) is 0 Å². The van der Waals surface area contributed by atoms with E-state index in [0.29, 0.717) is 0 Å². The first kappa shape index (κ1) is 13.0. The van der Waals surface area contributed by atoms with Crippen molar-refractivity contribution >= 4 is 34.5 Å². The molecule has 3 nitrogen and oxygen atoms in total. The van der Waals surface area contributed by atoms with Gasteiger partial charge in [-0.25, -0.2) is 0 Å². The molecule has 0 heterocycles. The summed E-state index contributed by atoms with van der Waals surface area (Å²) in [5, 5.41) is 27.1. The minimum atomic E-state index is -1.38. The van der Waals surface area contributed by atoms with Crippen molar-refractivity contribution in [3.63, 3.8) is 0 Å². The van der Waals surface area contributed by atoms with E-state index in [-0.39, 0.29) is 25.9 Å². The summed E-state index contributed by atoms with van der Waals surface area (Å²) >= 11 is 8.11. The molecule has 0 aromatic rings. The molecule has 1 atom stereocenters. The maximum atomic E-state index is 10.0. The summed E-state index contributed by atoms with van der Waals surface area (Å²) in [6.07, 6.45) is -1.73. The van der Waals surface area contributed by atoms with Crippen molar-refractivity contribution in [2.45, 2.75) is 12.5 Å². The van der Waals surface area contributed by atoms with Gasteiger partial charge in [0.25, 0.3) is 0 Å². The van der Waals surface area contributed by atoms with Gasteiger partial charge in [-0.15, -0.1) is 12.2 Å². The minimum Gasteiger partial charge on any atom is -0.867 e. The van der Waals surface area contributed by atoms with Crippen LogP contribution in [0.3, 0.4) is 0 Å². The monoisotopic (exact) mass is 228 g/mol. The van der Waals surface area contributed by atoms with Crippen molar-refractivity contribution in [2.24, 2.45) is 0 Å². The third-order valence-electron chi connectivity index (χ3n) is 0.632. The predicted octanol–water partition coefficient (Wildman–Crippen LogP) is -1.89. The van der Waals surface area contributed by atoms with Crippen LogP contribution in [0.4, 0.5) is 0 Å². The Morgan fingerprint density at radius 1 is 1.40 bits per heavy atom. The van der Waals surface area contributed by atoms with Crippen LogP contribution < -0.4 is 10.2 Å². The molecule has 0 aromatic heterocycles. The summed E-state index contributed by atoms with van der Waals surface area (Å²) in [6.45, 7) is 0. The van der Waals surface area contributed by atoms with Crippen LogP contribution in [0.5, 0.6) is 0 Å².